The lowest BCUT2D eigenvalue weighted by molar-refractivity contribution is -0.137. The molecule has 2 aromatic heterocycles. The minimum absolute atomic E-state index is 0. The molecule has 13 heteroatoms. The van der Waals surface area contributed by atoms with Crippen LogP contribution < -0.4 is 5.32 Å². The highest BCUT2D eigenvalue weighted by molar-refractivity contribution is 7.59. The maximum absolute atomic E-state index is 13.0. The number of hydrogen-bond donors (Lipinski definition) is 1. The monoisotopic (exact) mass is 500 g/mol. The first-order chi connectivity index (χ1) is 15.0. The molecule has 0 saturated carbocycles. The van der Waals surface area contributed by atoms with E-state index in [9.17, 15) is 22.8 Å². The van der Waals surface area contributed by atoms with Crippen LogP contribution in [0.15, 0.2) is 42.9 Å². The third kappa shape index (κ3) is 6.02. The Bertz CT molecular complexity index is 1150. The van der Waals surface area contributed by atoms with Crippen LogP contribution in [-0.4, -0.2) is 50.6 Å². The summed E-state index contributed by atoms with van der Waals surface area (Å²) in [6.45, 7) is 1.59. The lowest BCUT2D eigenvalue weighted by Crippen LogP contribution is -2.29. The van der Waals surface area contributed by atoms with Crippen molar-refractivity contribution < 1.29 is 22.8 Å². The van der Waals surface area contributed by atoms with Crippen LogP contribution in [-0.2, 0) is 6.18 Å². The standard InChI is InChI=1S/C20H18ClF3N6O2.H2S/c1-11(28-18(31)13-6-14(20(22,23)24)8-15(21)7-13)17-26-10-27-30(17)16-5-4-12(9-25-16)19(32)29(2)3;/h4-11H,1-3H3,(H,28,31);1H2/t11-;/m0./s1. The molecule has 0 unspecified atom stereocenters. The largest absolute Gasteiger partial charge is 0.416 e. The molecule has 1 atom stereocenters. The van der Waals surface area contributed by atoms with Crippen molar-refractivity contribution in [3.05, 3.63) is 70.4 Å². The first-order valence-electron chi connectivity index (χ1n) is 9.24. The highest BCUT2D eigenvalue weighted by atomic mass is 35.5. The summed E-state index contributed by atoms with van der Waals surface area (Å²) in [5, 5.41) is 6.46. The van der Waals surface area contributed by atoms with Crippen molar-refractivity contribution in [1.82, 2.24) is 30.0 Å². The van der Waals surface area contributed by atoms with Crippen molar-refractivity contribution in [1.29, 1.82) is 0 Å². The topological polar surface area (TPSA) is 93.0 Å². The molecule has 3 aromatic rings. The van der Waals surface area contributed by atoms with Crippen LogP contribution in [0.2, 0.25) is 5.02 Å². The fourth-order valence-electron chi connectivity index (χ4n) is 2.85. The summed E-state index contributed by atoms with van der Waals surface area (Å²) in [7, 11) is 3.24. The van der Waals surface area contributed by atoms with Crippen LogP contribution in [0.1, 0.15) is 45.1 Å². The van der Waals surface area contributed by atoms with Gasteiger partial charge in [-0.05, 0) is 37.3 Å². The maximum atomic E-state index is 13.0. The molecule has 2 heterocycles. The van der Waals surface area contributed by atoms with E-state index in [2.05, 4.69) is 20.4 Å². The van der Waals surface area contributed by atoms with Gasteiger partial charge in [-0.1, -0.05) is 11.6 Å². The SMILES string of the molecule is C[C@H](NC(=O)c1cc(Cl)cc(C(F)(F)F)c1)c1ncnn1-c1ccc(C(=O)N(C)C)cn1.S. The lowest BCUT2D eigenvalue weighted by atomic mass is 10.1. The molecular weight excluding hydrogens is 481 g/mol. The Morgan fingerprint density at radius 1 is 1.12 bits per heavy atom. The normalized spacial score (nSPS) is 12.0. The van der Waals surface area contributed by atoms with Crippen molar-refractivity contribution >= 4 is 36.9 Å². The maximum Gasteiger partial charge on any atom is 0.416 e. The molecule has 0 spiro atoms. The van der Waals surface area contributed by atoms with Gasteiger partial charge in [0, 0.05) is 30.9 Å². The molecule has 0 aliphatic carbocycles. The fourth-order valence-corrected chi connectivity index (χ4v) is 3.08. The number of nitrogens with one attached hydrogen (secondary N) is 1. The van der Waals surface area contributed by atoms with Gasteiger partial charge >= 0.3 is 6.18 Å². The zero-order valence-corrected chi connectivity index (χ0v) is 19.4. The van der Waals surface area contributed by atoms with E-state index < -0.39 is 23.7 Å². The average Bonchev–Trinajstić information content (AvgIpc) is 3.22. The van der Waals surface area contributed by atoms with Crippen molar-refractivity contribution in [3.63, 3.8) is 0 Å². The summed E-state index contributed by atoms with van der Waals surface area (Å²) in [5.74, 6) is -0.352. The summed E-state index contributed by atoms with van der Waals surface area (Å²) in [6.07, 6.45) is -2.01. The second kappa shape index (κ2) is 10.2. The number of alkyl halides is 3. The number of carbonyl (C=O) groups excluding carboxylic acids is 2. The fraction of sp³-hybridized carbons (Fsp3) is 0.250. The van der Waals surface area contributed by atoms with Gasteiger partial charge in [0.25, 0.3) is 11.8 Å². The smallest absolute Gasteiger partial charge is 0.345 e. The zero-order valence-electron chi connectivity index (χ0n) is 17.7. The summed E-state index contributed by atoms with van der Waals surface area (Å²) in [5.41, 5.74) is -0.891. The van der Waals surface area contributed by atoms with Gasteiger partial charge in [-0.2, -0.15) is 36.4 Å². The van der Waals surface area contributed by atoms with E-state index in [1.54, 1.807) is 33.2 Å². The molecule has 1 aromatic carbocycles. The van der Waals surface area contributed by atoms with Gasteiger partial charge < -0.3 is 10.2 Å². The van der Waals surface area contributed by atoms with E-state index in [0.29, 0.717) is 11.4 Å². The number of carbonyl (C=O) groups is 2. The molecule has 3 rings (SSSR count). The van der Waals surface area contributed by atoms with Gasteiger partial charge in [-0.3, -0.25) is 9.59 Å². The van der Waals surface area contributed by atoms with E-state index in [4.69, 9.17) is 11.6 Å². The van der Waals surface area contributed by atoms with Crippen LogP contribution in [0.4, 0.5) is 13.2 Å². The summed E-state index contributed by atoms with van der Waals surface area (Å²) >= 11 is 5.75. The van der Waals surface area contributed by atoms with Crippen LogP contribution in [0.3, 0.4) is 0 Å². The Morgan fingerprint density at radius 3 is 2.39 bits per heavy atom. The van der Waals surface area contributed by atoms with E-state index >= 15 is 0 Å². The third-order valence-electron chi connectivity index (χ3n) is 4.41. The second-order valence-electron chi connectivity index (χ2n) is 7.06. The Morgan fingerprint density at radius 2 is 1.82 bits per heavy atom. The molecule has 0 aliphatic heterocycles. The number of aromatic nitrogens is 4. The molecule has 0 saturated heterocycles. The zero-order chi connectivity index (χ0) is 23.6. The highest BCUT2D eigenvalue weighted by Gasteiger charge is 2.32. The molecule has 33 heavy (non-hydrogen) atoms. The van der Waals surface area contributed by atoms with Gasteiger partial charge in [0.1, 0.15) is 6.33 Å². The molecule has 0 bridgehead atoms. The van der Waals surface area contributed by atoms with Gasteiger partial charge in [0.15, 0.2) is 11.6 Å². The van der Waals surface area contributed by atoms with Crippen LogP contribution in [0.5, 0.6) is 0 Å². The van der Waals surface area contributed by atoms with Gasteiger partial charge in [0.05, 0.1) is 17.2 Å². The number of halogens is 4. The average molecular weight is 501 g/mol. The summed E-state index contributed by atoms with van der Waals surface area (Å²) < 4.78 is 40.4. The highest BCUT2D eigenvalue weighted by Crippen LogP contribution is 2.32. The minimum atomic E-state index is -4.64. The molecular formula is C20H20ClF3N6O2S. The number of pyridine rings is 1. The quantitative estimate of drug-likeness (QED) is 0.577. The number of benzene rings is 1. The van der Waals surface area contributed by atoms with Gasteiger partial charge in [0.2, 0.25) is 0 Å². The van der Waals surface area contributed by atoms with Gasteiger partial charge in [-0.15, -0.1) is 0 Å². The number of nitrogens with zero attached hydrogens (tertiary/aromatic N) is 5. The molecule has 1 N–H and O–H groups in total. The number of hydrogen-bond acceptors (Lipinski definition) is 5. The molecule has 176 valence electrons. The van der Waals surface area contributed by atoms with Crippen LogP contribution in [0.25, 0.3) is 5.82 Å². The van der Waals surface area contributed by atoms with E-state index in [1.165, 1.54) is 22.1 Å². The Hall–Kier alpha value is -3.12. The van der Waals surface area contributed by atoms with E-state index in [0.717, 1.165) is 18.2 Å². The Balaban J connectivity index is 0.00000385. The first-order valence-corrected chi connectivity index (χ1v) is 9.62. The predicted octanol–water partition coefficient (Wildman–Crippen LogP) is 3.64. The van der Waals surface area contributed by atoms with Crippen LogP contribution in [0, 0.1) is 0 Å². The second-order valence-corrected chi connectivity index (χ2v) is 7.49. The molecule has 0 aliphatic rings. The van der Waals surface area contributed by atoms with Crippen molar-refractivity contribution in [2.24, 2.45) is 0 Å². The number of rotatable bonds is 5. The molecule has 2 amide bonds. The van der Waals surface area contributed by atoms with E-state index in [1.807, 2.05) is 0 Å². The predicted molar refractivity (Wildman–Crippen MR) is 120 cm³/mol. The summed E-state index contributed by atoms with van der Waals surface area (Å²) in [6, 6.07) is 5.02. The first kappa shape index (κ1) is 26.1. The van der Waals surface area contributed by atoms with Crippen LogP contribution >= 0.6 is 25.1 Å². The molecule has 0 radical (unpaired) electrons. The number of amides is 2. The van der Waals surface area contributed by atoms with Crippen molar-refractivity contribution in [2.75, 3.05) is 14.1 Å². The van der Waals surface area contributed by atoms with Crippen molar-refractivity contribution in [3.8, 4) is 5.82 Å². The third-order valence-corrected chi connectivity index (χ3v) is 4.63. The lowest BCUT2D eigenvalue weighted by Gasteiger charge is -2.16. The summed E-state index contributed by atoms with van der Waals surface area (Å²) in [4.78, 5) is 34.3. The molecule has 0 fully saturated rings. The Kier molecular flexibility index (Phi) is 8.09. The van der Waals surface area contributed by atoms with E-state index in [-0.39, 0.29) is 35.8 Å². The molecule has 8 nitrogen and oxygen atoms in total. The Labute approximate surface area is 199 Å². The van der Waals surface area contributed by atoms with Gasteiger partial charge in [-0.25, -0.2) is 9.97 Å². The minimum Gasteiger partial charge on any atom is -0.345 e. The van der Waals surface area contributed by atoms with Crippen molar-refractivity contribution in [2.45, 2.75) is 19.1 Å².